The van der Waals surface area contributed by atoms with Gasteiger partial charge in [0.1, 0.15) is 27.6 Å². The van der Waals surface area contributed by atoms with Crippen LogP contribution in [0.3, 0.4) is 0 Å². The van der Waals surface area contributed by atoms with Gasteiger partial charge < -0.3 is 20.1 Å². The number of fused-ring (bicyclic) bond motifs is 2. The van der Waals surface area contributed by atoms with Crippen LogP contribution in [0.5, 0.6) is 5.75 Å². The minimum atomic E-state index is -4.13. The standard InChI is InChI=1S/C40H46Cl3N5O6S/c1-24(2)53-34-21-33(43)35(55(51,52)47-22-30-13-14-31(23-47)54-30)20-32(34)37-45-39(3,26-5-9-28(41)10-6-26)40(4,27-7-11-29(42)12-8-27)48(37)38(50)46-17-15-25(16-18-46)19-36(44)49/h5-12,20-21,24-25,30-31H,13-19,22-23H2,1-4H3,(H2,44,49)/t30?,31?,39-,40+/m0/s1. The van der Waals surface area contributed by atoms with Gasteiger partial charge in [0.15, 0.2) is 0 Å². The van der Waals surface area contributed by atoms with Crippen molar-refractivity contribution < 1.29 is 27.5 Å². The number of aliphatic imine (C=N–C) groups is 1. The summed E-state index contributed by atoms with van der Waals surface area (Å²) in [6.07, 6.45) is 2.30. The number of nitrogens with two attached hydrogens (primary N) is 1. The molecule has 3 amide bonds. The first kappa shape index (κ1) is 39.8. The number of carbonyl (C=O) groups is 2. The Bertz CT molecular complexity index is 2100. The summed E-state index contributed by atoms with van der Waals surface area (Å²) in [5, 5.41) is 1.05. The molecule has 2 bridgehead atoms. The average molecular weight is 831 g/mol. The molecule has 4 atom stereocenters. The van der Waals surface area contributed by atoms with Crippen molar-refractivity contribution in [1.82, 2.24) is 14.1 Å². The monoisotopic (exact) mass is 829 g/mol. The maximum absolute atomic E-state index is 15.4. The van der Waals surface area contributed by atoms with Gasteiger partial charge in [-0.15, -0.1) is 0 Å². The van der Waals surface area contributed by atoms with E-state index in [0.29, 0.717) is 41.5 Å². The lowest BCUT2D eigenvalue weighted by Crippen LogP contribution is -2.59. The van der Waals surface area contributed by atoms with Gasteiger partial charge >= 0.3 is 6.03 Å². The van der Waals surface area contributed by atoms with E-state index >= 15 is 4.79 Å². The van der Waals surface area contributed by atoms with Crippen LogP contribution in [0.1, 0.15) is 76.5 Å². The van der Waals surface area contributed by atoms with Crippen LogP contribution in [0.4, 0.5) is 4.79 Å². The topological polar surface area (TPSA) is 135 Å². The van der Waals surface area contributed by atoms with Gasteiger partial charge in [0.25, 0.3) is 0 Å². The molecule has 0 radical (unpaired) electrons. The number of halogens is 3. The number of ether oxygens (including phenoxy) is 2. The van der Waals surface area contributed by atoms with E-state index in [-0.39, 0.29) is 77.2 Å². The summed E-state index contributed by atoms with van der Waals surface area (Å²) in [6, 6.07) is 17.3. The second-order valence-electron chi connectivity index (χ2n) is 15.5. The van der Waals surface area contributed by atoms with Gasteiger partial charge in [-0.05, 0) is 101 Å². The predicted molar refractivity (Wildman–Crippen MR) is 213 cm³/mol. The molecule has 3 aromatic rings. The van der Waals surface area contributed by atoms with Gasteiger partial charge in [0.05, 0.1) is 28.9 Å². The van der Waals surface area contributed by atoms with Crippen LogP contribution >= 0.6 is 34.8 Å². The Balaban J connectivity index is 1.44. The van der Waals surface area contributed by atoms with Crippen LogP contribution in [0.25, 0.3) is 0 Å². The molecule has 0 aromatic heterocycles. The molecule has 3 aromatic carbocycles. The van der Waals surface area contributed by atoms with Crippen LogP contribution < -0.4 is 10.5 Å². The van der Waals surface area contributed by atoms with Crippen LogP contribution in [0, 0.1) is 5.92 Å². The van der Waals surface area contributed by atoms with Gasteiger partial charge in [0.2, 0.25) is 15.9 Å². The molecule has 4 aliphatic rings. The molecular weight excluding hydrogens is 785 g/mol. The van der Waals surface area contributed by atoms with Gasteiger partial charge in [-0.25, -0.2) is 13.2 Å². The number of benzene rings is 3. The summed E-state index contributed by atoms with van der Waals surface area (Å²) in [6.45, 7) is 8.82. The van der Waals surface area contributed by atoms with Gasteiger partial charge in [-0.3, -0.25) is 14.7 Å². The van der Waals surface area contributed by atoms with E-state index in [1.165, 1.54) is 16.4 Å². The summed E-state index contributed by atoms with van der Waals surface area (Å²) in [4.78, 5) is 35.9. The number of hydrogen-bond donors (Lipinski definition) is 1. The van der Waals surface area contributed by atoms with Crippen LogP contribution in [0.2, 0.25) is 15.1 Å². The van der Waals surface area contributed by atoms with E-state index in [2.05, 4.69) is 0 Å². The van der Waals surface area contributed by atoms with E-state index < -0.39 is 21.1 Å². The van der Waals surface area contributed by atoms with Crippen LogP contribution in [-0.4, -0.2) is 84.8 Å². The number of sulfonamides is 1. The second kappa shape index (κ2) is 15.2. The highest BCUT2D eigenvalue weighted by atomic mass is 35.5. The van der Waals surface area contributed by atoms with E-state index in [1.807, 2.05) is 52.0 Å². The number of rotatable bonds is 9. The molecule has 0 spiro atoms. The number of amidine groups is 1. The fourth-order valence-electron chi connectivity index (χ4n) is 8.49. The maximum Gasteiger partial charge on any atom is 0.326 e. The third kappa shape index (κ3) is 7.34. The van der Waals surface area contributed by atoms with Crippen molar-refractivity contribution in [3.8, 4) is 5.75 Å². The Kier molecular flexibility index (Phi) is 11.0. The average Bonchev–Trinajstić information content (AvgIpc) is 3.59. The van der Waals surface area contributed by atoms with Gasteiger partial charge in [-0.2, -0.15) is 4.31 Å². The molecule has 3 saturated heterocycles. The number of urea groups is 1. The molecule has 2 N–H and O–H groups in total. The Morgan fingerprint density at radius 2 is 1.47 bits per heavy atom. The van der Waals surface area contributed by atoms with Crippen molar-refractivity contribution in [2.75, 3.05) is 26.2 Å². The summed E-state index contributed by atoms with van der Waals surface area (Å²) in [5.41, 5.74) is 4.94. The minimum Gasteiger partial charge on any atom is -0.490 e. The first-order valence-electron chi connectivity index (χ1n) is 18.7. The number of primary amides is 1. The number of carbonyl (C=O) groups excluding carboxylic acids is 2. The van der Waals surface area contributed by atoms with Crippen molar-refractivity contribution in [1.29, 1.82) is 0 Å². The molecule has 11 nitrogen and oxygen atoms in total. The highest BCUT2D eigenvalue weighted by Gasteiger charge is 2.60. The molecule has 55 heavy (non-hydrogen) atoms. The van der Waals surface area contributed by atoms with Gasteiger partial charge in [-0.1, -0.05) is 59.1 Å². The number of amides is 3. The lowest BCUT2D eigenvalue weighted by Gasteiger charge is -2.47. The van der Waals surface area contributed by atoms with Crippen molar-refractivity contribution in [3.05, 3.63) is 92.4 Å². The largest absolute Gasteiger partial charge is 0.490 e. The van der Waals surface area contributed by atoms with E-state index in [0.717, 1.165) is 24.0 Å². The summed E-state index contributed by atoms with van der Waals surface area (Å²) in [5.74, 6) is 0.172. The van der Waals surface area contributed by atoms with Crippen molar-refractivity contribution >= 4 is 62.6 Å². The SMILES string of the molecule is CC(C)Oc1cc(Cl)c(S(=O)(=O)N2CC3CCC(C2)O3)cc1C1=N[C@@](C)(c2ccc(Cl)cc2)[C@@](C)(c2ccc(Cl)cc2)N1C(=O)N1CCC(CC(N)=O)CC1. The second-order valence-corrected chi connectivity index (χ2v) is 18.7. The summed E-state index contributed by atoms with van der Waals surface area (Å²) >= 11 is 19.7. The Labute approximate surface area is 337 Å². The molecule has 7 rings (SSSR count). The van der Waals surface area contributed by atoms with Gasteiger partial charge in [0, 0.05) is 48.7 Å². The lowest BCUT2D eigenvalue weighted by molar-refractivity contribution is -0.119. The number of likely N-dealkylation sites (tertiary alicyclic amines) is 1. The first-order chi connectivity index (χ1) is 26.0. The molecule has 0 saturated carbocycles. The zero-order valence-electron chi connectivity index (χ0n) is 31.3. The lowest BCUT2D eigenvalue weighted by atomic mass is 9.71. The zero-order chi connectivity index (χ0) is 39.4. The number of morpholine rings is 1. The van der Waals surface area contributed by atoms with Crippen LogP contribution in [-0.2, 0) is 30.6 Å². The first-order valence-corrected chi connectivity index (χ1v) is 21.2. The number of piperidine rings is 1. The Hall–Kier alpha value is -3.39. The smallest absolute Gasteiger partial charge is 0.326 e. The molecule has 3 fully saturated rings. The molecule has 4 heterocycles. The Morgan fingerprint density at radius 3 is 2.02 bits per heavy atom. The Morgan fingerprint density at radius 1 is 0.909 bits per heavy atom. The fourth-order valence-corrected chi connectivity index (χ4v) is 10.8. The van der Waals surface area contributed by atoms with E-state index in [9.17, 15) is 13.2 Å². The van der Waals surface area contributed by atoms with Crippen molar-refractivity contribution in [2.45, 2.75) is 94.1 Å². The third-order valence-corrected chi connectivity index (χ3v) is 14.4. The van der Waals surface area contributed by atoms with Crippen LogP contribution in [0.15, 0.2) is 70.6 Å². The highest BCUT2D eigenvalue weighted by Crippen LogP contribution is 2.54. The van der Waals surface area contributed by atoms with E-state index in [1.54, 1.807) is 34.1 Å². The summed E-state index contributed by atoms with van der Waals surface area (Å²) < 4.78 is 42.8. The maximum atomic E-state index is 15.4. The third-order valence-electron chi connectivity index (χ3n) is 11.6. The number of hydrogen-bond acceptors (Lipinski definition) is 7. The highest BCUT2D eigenvalue weighted by molar-refractivity contribution is 7.89. The normalized spacial score (nSPS) is 26.1. The summed E-state index contributed by atoms with van der Waals surface area (Å²) in [7, 11) is -4.13. The molecule has 0 aliphatic carbocycles. The fraction of sp³-hybridized carbons (Fsp3) is 0.475. The number of nitrogens with zero attached hydrogens (tertiary/aromatic N) is 4. The quantitative estimate of drug-likeness (QED) is 0.236. The molecular formula is C40H46Cl3N5O6S. The zero-order valence-corrected chi connectivity index (χ0v) is 34.4. The van der Waals surface area contributed by atoms with Crippen molar-refractivity contribution in [2.24, 2.45) is 16.6 Å². The molecule has 294 valence electrons. The predicted octanol–water partition coefficient (Wildman–Crippen LogP) is 7.59. The molecule has 15 heteroatoms. The minimum absolute atomic E-state index is 0.00726. The molecule has 2 unspecified atom stereocenters. The molecule has 4 aliphatic heterocycles. The van der Waals surface area contributed by atoms with Crippen molar-refractivity contribution in [3.63, 3.8) is 0 Å². The van der Waals surface area contributed by atoms with E-state index in [4.69, 9.17) is 55.0 Å².